The van der Waals surface area contributed by atoms with Crippen LogP contribution < -0.4 is 10.1 Å². The highest BCUT2D eigenvalue weighted by atomic mass is 19.4. The number of ether oxygens (including phenoxy) is 1. The van der Waals surface area contributed by atoms with E-state index in [4.69, 9.17) is 4.74 Å². The number of hydrogen-bond donors (Lipinski definition) is 2. The Morgan fingerprint density at radius 1 is 0.974 bits per heavy atom. The topological polar surface area (TPSA) is 78.9 Å². The van der Waals surface area contributed by atoms with Crippen LogP contribution in [0.2, 0.25) is 0 Å². The van der Waals surface area contributed by atoms with Gasteiger partial charge in [-0.15, -0.1) is 0 Å². The zero-order chi connectivity index (χ0) is 29.2. The molecular formula is C27H30F6N2O4. The van der Waals surface area contributed by atoms with Gasteiger partial charge in [-0.1, -0.05) is 49.2 Å². The number of urea groups is 1. The Hall–Kier alpha value is -3.28. The van der Waals surface area contributed by atoms with E-state index in [0.29, 0.717) is 37.0 Å². The fourth-order valence-electron chi connectivity index (χ4n) is 4.43. The van der Waals surface area contributed by atoms with E-state index < -0.39 is 41.0 Å². The number of carbonyl (C=O) groups is 2. The minimum Gasteiger partial charge on any atom is -0.493 e. The van der Waals surface area contributed by atoms with Crippen molar-refractivity contribution in [1.82, 2.24) is 10.2 Å². The van der Waals surface area contributed by atoms with Gasteiger partial charge in [-0.05, 0) is 56.4 Å². The van der Waals surface area contributed by atoms with Crippen LogP contribution in [0.3, 0.4) is 0 Å². The summed E-state index contributed by atoms with van der Waals surface area (Å²) in [6.45, 7) is 5.36. The van der Waals surface area contributed by atoms with Gasteiger partial charge in [0.05, 0.1) is 6.61 Å². The van der Waals surface area contributed by atoms with Gasteiger partial charge in [0.25, 0.3) is 11.5 Å². The van der Waals surface area contributed by atoms with Crippen LogP contribution in [-0.2, 0) is 22.4 Å². The Labute approximate surface area is 221 Å². The molecule has 12 heteroatoms. The Morgan fingerprint density at radius 3 is 2.15 bits per heavy atom. The highest BCUT2D eigenvalue weighted by Crippen LogP contribution is 2.50. The molecule has 3 amide bonds. The third-order valence-corrected chi connectivity index (χ3v) is 6.76. The van der Waals surface area contributed by atoms with Crippen molar-refractivity contribution in [1.29, 1.82) is 0 Å². The molecule has 0 bridgehead atoms. The van der Waals surface area contributed by atoms with Crippen LogP contribution in [-0.4, -0.2) is 47.4 Å². The van der Waals surface area contributed by atoms with Gasteiger partial charge in [-0.2, -0.15) is 26.3 Å². The van der Waals surface area contributed by atoms with E-state index in [-0.39, 0.29) is 30.9 Å². The van der Waals surface area contributed by atoms with E-state index in [0.717, 1.165) is 16.5 Å². The summed E-state index contributed by atoms with van der Waals surface area (Å²) in [6.07, 6.45) is -10.7. The summed E-state index contributed by atoms with van der Waals surface area (Å²) >= 11 is 0. The summed E-state index contributed by atoms with van der Waals surface area (Å²) in [5.74, 6) is -0.311. The minimum atomic E-state index is -5.98. The number of carbonyl (C=O) groups excluding carboxylic acids is 2. The first-order valence-corrected chi connectivity index (χ1v) is 12.4. The Bertz CT molecular complexity index is 1180. The summed E-state index contributed by atoms with van der Waals surface area (Å²) in [5, 5.41) is 12.4. The van der Waals surface area contributed by atoms with Crippen molar-refractivity contribution in [2.45, 2.75) is 69.9 Å². The quantitative estimate of drug-likeness (QED) is 0.216. The number of imide groups is 1. The molecule has 0 radical (unpaired) electrons. The molecule has 1 unspecified atom stereocenters. The zero-order valence-corrected chi connectivity index (χ0v) is 21.7. The lowest BCUT2D eigenvalue weighted by Gasteiger charge is -2.33. The van der Waals surface area contributed by atoms with Crippen LogP contribution in [0, 0.1) is 6.92 Å². The summed E-state index contributed by atoms with van der Waals surface area (Å²) in [7, 11) is 0. The Kier molecular flexibility index (Phi) is 8.59. The van der Waals surface area contributed by atoms with Gasteiger partial charge in [-0.25, -0.2) is 4.79 Å². The lowest BCUT2D eigenvalue weighted by molar-refractivity contribution is -0.376. The second kappa shape index (κ2) is 11.1. The minimum absolute atomic E-state index is 0.0394. The fourth-order valence-corrected chi connectivity index (χ4v) is 4.43. The molecule has 1 saturated heterocycles. The number of halogens is 6. The van der Waals surface area contributed by atoms with Gasteiger partial charge >= 0.3 is 18.4 Å². The normalized spacial score (nSPS) is 18.5. The van der Waals surface area contributed by atoms with Gasteiger partial charge in [0.15, 0.2) is 0 Å². The highest BCUT2D eigenvalue weighted by molar-refractivity contribution is 6.07. The zero-order valence-electron chi connectivity index (χ0n) is 21.7. The molecule has 3 rings (SSSR count). The maximum atomic E-state index is 13.3. The maximum Gasteiger partial charge on any atom is 0.430 e. The van der Waals surface area contributed by atoms with Gasteiger partial charge in [0.1, 0.15) is 11.3 Å². The summed E-state index contributed by atoms with van der Waals surface area (Å²) in [6, 6.07) is 8.88. The second-order valence-corrected chi connectivity index (χ2v) is 9.71. The molecule has 2 aromatic rings. The summed E-state index contributed by atoms with van der Waals surface area (Å²) < 4.78 is 85.3. The first-order valence-electron chi connectivity index (χ1n) is 12.4. The van der Waals surface area contributed by atoms with Gasteiger partial charge in [0.2, 0.25) is 0 Å². The molecule has 2 N–H and O–H groups in total. The molecule has 39 heavy (non-hydrogen) atoms. The number of benzene rings is 2. The van der Waals surface area contributed by atoms with Gasteiger partial charge in [0, 0.05) is 12.1 Å². The van der Waals surface area contributed by atoms with Crippen molar-refractivity contribution in [2.24, 2.45) is 0 Å². The monoisotopic (exact) mass is 560 g/mol. The third-order valence-electron chi connectivity index (χ3n) is 6.76. The van der Waals surface area contributed by atoms with Gasteiger partial charge < -0.3 is 15.2 Å². The highest BCUT2D eigenvalue weighted by Gasteiger charge is 2.71. The maximum absolute atomic E-state index is 13.3. The predicted octanol–water partition coefficient (Wildman–Crippen LogP) is 5.89. The molecule has 0 aliphatic carbocycles. The van der Waals surface area contributed by atoms with Crippen LogP contribution in [0.15, 0.2) is 42.5 Å². The fraction of sp³-hybridized carbons (Fsp3) is 0.481. The average molecular weight is 561 g/mol. The molecule has 1 aliphatic heterocycles. The number of rotatable bonds is 10. The van der Waals surface area contributed by atoms with Crippen LogP contribution in [0.1, 0.15) is 55.4 Å². The van der Waals surface area contributed by atoms with E-state index in [9.17, 15) is 41.0 Å². The molecule has 1 heterocycles. The smallest absolute Gasteiger partial charge is 0.430 e. The molecule has 0 aromatic heterocycles. The predicted molar refractivity (Wildman–Crippen MR) is 130 cm³/mol. The number of alkyl halides is 6. The summed E-state index contributed by atoms with van der Waals surface area (Å²) in [4.78, 5) is 26.6. The van der Waals surface area contributed by atoms with E-state index in [1.807, 2.05) is 19.1 Å². The van der Waals surface area contributed by atoms with Crippen molar-refractivity contribution in [2.75, 3.05) is 13.2 Å². The van der Waals surface area contributed by atoms with Crippen molar-refractivity contribution < 1.29 is 45.8 Å². The van der Waals surface area contributed by atoms with Crippen molar-refractivity contribution in [3.05, 3.63) is 64.7 Å². The van der Waals surface area contributed by atoms with E-state index in [1.54, 1.807) is 26.0 Å². The number of nitrogens with one attached hydrogen (secondary N) is 1. The molecule has 1 aliphatic rings. The average Bonchev–Trinajstić information content (AvgIpc) is 3.06. The van der Waals surface area contributed by atoms with Crippen molar-refractivity contribution in [3.63, 3.8) is 0 Å². The number of amides is 3. The SMILES string of the molecule is CCCc1cc(C(O)(C(F)(F)F)C(F)(F)F)ccc1OCCCCN1C(=O)NC(C)(c2ccc(C)cc2)C1=O. The van der Waals surface area contributed by atoms with Crippen LogP contribution in [0.5, 0.6) is 5.75 Å². The second-order valence-electron chi connectivity index (χ2n) is 9.71. The molecule has 0 saturated carbocycles. The number of aliphatic hydroxyl groups is 1. The molecule has 214 valence electrons. The lowest BCUT2D eigenvalue weighted by Crippen LogP contribution is -2.53. The number of unbranched alkanes of at least 4 members (excludes halogenated alkanes) is 1. The molecular weight excluding hydrogens is 530 g/mol. The molecule has 2 aromatic carbocycles. The molecule has 0 spiro atoms. The first kappa shape index (κ1) is 30.3. The standard InChI is InChI=1S/C27H30F6N2O4/c1-4-7-18-16-20(25(38,26(28,29)30)27(31,32)33)12-13-21(18)39-15-6-5-14-35-22(36)24(3,34-23(35)37)19-10-8-17(2)9-11-19/h8-13,16,38H,4-7,14-15H2,1-3H3,(H,34,37). The van der Waals surface area contributed by atoms with E-state index in [2.05, 4.69) is 5.32 Å². The van der Waals surface area contributed by atoms with Crippen molar-refractivity contribution >= 4 is 11.9 Å². The molecule has 1 fully saturated rings. The Balaban J connectivity index is 1.64. The van der Waals surface area contributed by atoms with E-state index >= 15 is 0 Å². The third kappa shape index (κ3) is 5.85. The lowest BCUT2D eigenvalue weighted by atomic mass is 9.90. The number of nitrogens with zero attached hydrogens (tertiary/aromatic N) is 1. The molecule has 1 atom stereocenters. The van der Waals surface area contributed by atoms with Crippen LogP contribution in [0.25, 0.3) is 0 Å². The van der Waals surface area contributed by atoms with E-state index in [1.165, 1.54) is 0 Å². The van der Waals surface area contributed by atoms with Crippen LogP contribution in [0.4, 0.5) is 31.1 Å². The number of aryl methyl sites for hydroxylation is 2. The Morgan fingerprint density at radius 2 is 1.59 bits per heavy atom. The van der Waals surface area contributed by atoms with Gasteiger partial charge in [-0.3, -0.25) is 9.69 Å². The largest absolute Gasteiger partial charge is 0.493 e. The van der Waals surface area contributed by atoms with Crippen molar-refractivity contribution in [3.8, 4) is 5.75 Å². The van der Waals surface area contributed by atoms with Crippen LogP contribution >= 0.6 is 0 Å². The number of hydrogen-bond acceptors (Lipinski definition) is 4. The molecule has 6 nitrogen and oxygen atoms in total. The summed E-state index contributed by atoms with van der Waals surface area (Å²) in [5.41, 5.74) is -5.82. The first-order chi connectivity index (χ1) is 18.1.